The van der Waals surface area contributed by atoms with Crippen LogP contribution in [-0.4, -0.2) is 43.8 Å². The average Bonchev–Trinajstić information content (AvgIpc) is 2.32. The number of amides is 2. The lowest BCUT2D eigenvalue weighted by atomic mass is 10.0. The van der Waals surface area contributed by atoms with Crippen molar-refractivity contribution in [2.24, 2.45) is 5.92 Å². The molecular formula is C12H25N3O3. The molecule has 6 heteroatoms. The highest BCUT2D eigenvalue weighted by atomic mass is 16.4. The van der Waals surface area contributed by atoms with Crippen LogP contribution in [0, 0.1) is 5.92 Å². The molecule has 0 aliphatic heterocycles. The van der Waals surface area contributed by atoms with Crippen molar-refractivity contribution in [1.29, 1.82) is 0 Å². The summed E-state index contributed by atoms with van der Waals surface area (Å²) in [6, 6.07) is -0.156. The summed E-state index contributed by atoms with van der Waals surface area (Å²) in [6.07, 6.45) is 2.55. The Morgan fingerprint density at radius 3 is 2.39 bits per heavy atom. The van der Waals surface area contributed by atoms with Crippen LogP contribution in [0.2, 0.25) is 0 Å². The van der Waals surface area contributed by atoms with E-state index < -0.39 is 5.97 Å². The maximum atomic E-state index is 11.3. The van der Waals surface area contributed by atoms with Gasteiger partial charge in [-0.05, 0) is 38.8 Å². The normalized spacial score (nSPS) is 11.9. The topological polar surface area (TPSA) is 90.5 Å². The van der Waals surface area contributed by atoms with E-state index in [1.54, 1.807) is 0 Å². The lowest BCUT2D eigenvalue weighted by Crippen LogP contribution is -2.37. The zero-order valence-corrected chi connectivity index (χ0v) is 11.3. The first-order valence-electron chi connectivity index (χ1n) is 6.44. The maximum Gasteiger partial charge on any atom is 0.314 e. The third-order valence-corrected chi connectivity index (χ3v) is 2.66. The first-order chi connectivity index (χ1) is 8.56. The lowest BCUT2D eigenvalue weighted by molar-refractivity contribution is -0.137. The molecule has 6 nitrogen and oxygen atoms in total. The van der Waals surface area contributed by atoms with Gasteiger partial charge in [0.2, 0.25) is 0 Å². The van der Waals surface area contributed by atoms with Crippen LogP contribution in [0.1, 0.15) is 32.6 Å². The number of nitrogens with one attached hydrogen (secondary N) is 3. The third-order valence-electron chi connectivity index (χ3n) is 2.66. The predicted molar refractivity (Wildman–Crippen MR) is 70.6 cm³/mol. The SMILES string of the molecule is CNCCCNC(=O)NCCC(C)CCC(=O)O. The molecule has 0 saturated carbocycles. The number of carboxylic acid groups (broad SMARTS) is 1. The highest BCUT2D eigenvalue weighted by molar-refractivity contribution is 5.73. The van der Waals surface area contributed by atoms with Gasteiger partial charge in [0.15, 0.2) is 0 Å². The summed E-state index contributed by atoms with van der Waals surface area (Å²) < 4.78 is 0. The van der Waals surface area contributed by atoms with Crippen molar-refractivity contribution in [3.05, 3.63) is 0 Å². The molecule has 2 amide bonds. The molecule has 0 saturated heterocycles. The first kappa shape index (κ1) is 16.7. The number of carboxylic acids is 1. The van der Waals surface area contributed by atoms with Crippen molar-refractivity contribution in [2.45, 2.75) is 32.6 Å². The molecule has 0 heterocycles. The van der Waals surface area contributed by atoms with Crippen LogP contribution in [0.3, 0.4) is 0 Å². The van der Waals surface area contributed by atoms with Crippen molar-refractivity contribution in [2.75, 3.05) is 26.7 Å². The van der Waals surface area contributed by atoms with Gasteiger partial charge in [-0.15, -0.1) is 0 Å². The minimum atomic E-state index is -0.767. The van der Waals surface area contributed by atoms with Crippen LogP contribution in [-0.2, 0) is 4.79 Å². The van der Waals surface area contributed by atoms with Crippen molar-refractivity contribution >= 4 is 12.0 Å². The molecule has 0 aliphatic rings. The monoisotopic (exact) mass is 259 g/mol. The van der Waals surface area contributed by atoms with Gasteiger partial charge in [-0.2, -0.15) is 0 Å². The summed E-state index contributed by atoms with van der Waals surface area (Å²) in [6.45, 7) is 4.11. The van der Waals surface area contributed by atoms with E-state index >= 15 is 0 Å². The Labute approximate surface area is 109 Å². The minimum absolute atomic E-state index is 0.156. The van der Waals surface area contributed by atoms with Crippen molar-refractivity contribution in [3.63, 3.8) is 0 Å². The standard InChI is InChI=1S/C12H25N3O3/c1-10(4-5-11(16)17)6-9-15-12(18)14-8-3-7-13-2/h10,13H,3-9H2,1-2H3,(H,16,17)(H2,14,15,18). The molecule has 0 aromatic heterocycles. The molecule has 0 spiro atoms. The van der Waals surface area contributed by atoms with E-state index in [2.05, 4.69) is 16.0 Å². The summed E-state index contributed by atoms with van der Waals surface area (Å²) >= 11 is 0. The summed E-state index contributed by atoms with van der Waals surface area (Å²) in [7, 11) is 1.87. The number of carbonyl (C=O) groups excluding carboxylic acids is 1. The summed E-state index contributed by atoms with van der Waals surface area (Å²) in [5.74, 6) is -0.456. The highest BCUT2D eigenvalue weighted by Crippen LogP contribution is 2.08. The second-order valence-electron chi connectivity index (χ2n) is 4.47. The van der Waals surface area contributed by atoms with Crippen LogP contribution in [0.4, 0.5) is 4.79 Å². The van der Waals surface area contributed by atoms with Gasteiger partial charge in [-0.3, -0.25) is 4.79 Å². The quantitative estimate of drug-likeness (QED) is 0.437. The van der Waals surface area contributed by atoms with Crippen LogP contribution >= 0.6 is 0 Å². The van der Waals surface area contributed by atoms with E-state index in [4.69, 9.17) is 5.11 Å². The molecule has 0 rings (SSSR count). The zero-order chi connectivity index (χ0) is 13.8. The molecule has 0 bridgehead atoms. The molecule has 0 aromatic carbocycles. The number of hydrogen-bond acceptors (Lipinski definition) is 3. The Balaban J connectivity index is 3.41. The Morgan fingerprint density at radius 2 is 1.78 bits per heavy atom. The molecule has 1 unspecified atom stereocenters. The van der Waals surface area contributed by atoms with E-state index in [1.807, 2.05) is 14.0 Å². The van der Waals surface area contributed by atoms with E-state index in [-0.39, 0.29) is 12.5 Å². The van der Waals surface area contributed by atoms with Gasteiger partial charge in [-0.25, -0.2) is 4.79 Å². The molecule has 0 radical (unpaired) electrons. The van der Waals surface area contributed by atoms with E-state index in [0.29, 0.717) is 25.4 Å². The fraction of sp³-hybridized carbons (Fsp3) is 0.833. The highest BCUT2D eigenvalue weighted by Gasteiger charge is 2.06. The van der Waals surface area contributed by atoms with Gasteiger partial charge in [0.1, 0.15) is 0 Å². The lowest BCUT2D eigenvalue weighted by Gasteiger charge is -2.11. The maximum absolute atomic E-state index is 11.3. The van der Waals surface area contributed by atoms with E-state index in [1.165, 1.54) is 0 Å². The second-order valence-corrected chi connectivity index (χ2v) is 4.47. The Bertz CT molecular complexity index is 247. The average molecular weight is 259 g/mol. The van der Waals surface area contributed by atoms with Gasteiger partial charge in [0.25, 0.3) is 0 Å². The third kappa shape index (κ3) is 11.2. The Kier molecular flexibility index (Phi) is 10.0. The fourth-order valence-electron chi connectivity index (χ4n) is 1.48. The minimum Gasteiger partial charge on any atom is -0.481 e. The van der Waals surface area contributed by atoms with Crippen LogP contribution in [0.5, 0.6) is 0 Å². The second kappa shape index (κ2) is 10.8. The van der Waals surface area contributed by atoms with E-state index in [9.17, 15) is 9.59 Å². The van der Waals surface area contributed by atoms with Crippen molar-refractivity contribution in [3.8, 4) is 0 Å². The van der Waals surface area contributed by atoms with Gasteiger partial charge in [-0.1, -0.05) is 6.92 Å². The van der Waals surface area contributed by atoms with Crippen LogP contribution in [0.25, 0.3) is 0 Å². The largest absolute Gasteiger partial charge is 0.481 e. The van der Waals surface area contributed by atoms with Crippen molar-refractivity contribution < 1.29 is 14.7 Å². The van der Waals surface area contributed by atoms with Gasteiger partial charge < -0.3 is 21.1 Å². The summed E-state index contributed by atoms with van der Waals surface area (Å²) in [5, 5.41) is 17.1. The molecule has 106 valence electrons. The molecular weight excluding hydrogens is 234 g/mol. The number of carbonyl (C=O) groups is 2. The van der Waals surface area contributed by atoms with Gasteiger partial charge >= 0.3 is 12.0 Å². The van der Waals surface area contributed by atoms with E-state index in [0.717, 1.165) is 19.4 Å². The molecule has 0 aromatic rings. The van der Waals surface area contributed by atoms with Gasteiger partial charge in [0.05, 0.1) is 0 Å². The zero-order valence-electron chi connectivity index (χ0n) is 11.3. The summed E-state index contributed by atoms with van der Waals surface area (Å²) in [5.41, 5.74) is 0. The molecule has 1 atom stereocenters. The number of hydrogen-bond donors (Lipinski definition) is 4. The van der Waals surface area contributed by atoms with Crippen LogP contribution < -0.4 is 16.0 Å². The smallest absolute Gasteiger partial charge is 0.314 e. The Morgan fingerprint density at radius 1 is 1.11 bits per heavy atom. The van der Waals surface area contributed by atoms with Crippen LogP contribution in [0.15, 0.2) is 0 Å². The molecule has 4 N–H and O–H groups in total. The molecule has 0 aliphatic carbocycles. The van der Waals surface area contributed by atoms with Crippen molar-refractivity contribution in [1.82, 2.24) is 16.0 Å². The molecule has 0 fully saturated rings. The predicted octanol–water partition coefficient (Wildman–Crippen LogP) is 0.786. The fourth-order valence-corrected chi connectivity index (χ4v) is 1.48. The number of urea groups is 1. The number of rotatable bonds is 10. The van der Waals surface area contributed by atoms with Gasteiger partial charge in [0, 0.05) is 19.5 Å². The number of aliphatic carboxylic acids is 1. The summed E-state index contributed by atoms with van der Waals surface area (Å²) in [4.78, 5) is 21.7. The first-order valence-corrected chi connectivity index (χ1v) is 6.44. The molecule has 18 heavy (non-hydrogen) atoms. The Hall–Kier alpha value is -1.30.